The number of benzene rings is 3. The number of nitrogens with two attached hydrogens (primary N) is 1. The number of amides is 2. The lowest BCUT2D eigenvalue weighted by Gasteiger charge is -2.16. The molecule has 0 bridgehead atoms. The standard InChI is InChI=1S/C28H29N5O4S4/c1-18-8-6-13-22(33-28(34)31-14-15-32-41(36,37)21-11-4-3-5-12-21)25(18)19-9-7-10-20(16-19)40(35)24-17-23(26(29)30)39-27(24)38-2/h3-13,16-17,32H,14-15H2,1-2H3,(H3,29,30)(H2,31,33,34). The number of hydrogen-bond acceptors (Lipinski definition) is 7. The second kappa shape index (κ2) is 13.4. The van der Waals surface area contributed by atoms with Crippen LogP contribution in [-0.2, 0) is 20.8 Å². The monoisotopic (exact) mass is 627 g/mol. The van der Waals surface area contributed by atoms with Crippen molar-refractivity contribution in [3.63, 3.8) is 0 Å². The fourth-order valence-electron chi connectivity index (χ4n) is 4.02. The van der Waals surface area contributed by atoms with Crippen LogP contribution in [0, 0.1) is 12.3 Å². The summed E-state index contributed by atoms with van der Waals surface area (Å²) in [5, 5.41) is 13.3. The summed E-state index contributed by atoms with van der Waals surface area (Å²) in [6, 6.07) is 22.0. The summed E-state index contributed by atoms with van der Waals surface area (Å²) in [6.07, 6.45) is 1.89. The number of hydrogen-bond donors (Lipinski definition) is 5. The number of carbonyl (C=O) groups is 1. The molecule has 2 amide bonds. The number of nitrogens with one attached hydrogen (secondary N) is 4. The minimum atomic E-state index is -3.67. The van der Waals surface area contributed by atoms with Gasteiger partial charge in [-0.15, -0.1) is 23.1 Å². The summed E-state index contributed by atoms with van der Waals surface area (Å²) in [7, 11) is -5.18. The molecule has 6 N–H and O–H groups in total. The summed E-state index contributed by atoms with van der Waals surface area (Å²) in [5.74, 6) is -0.0650. The molecule has 0 aliphatic heterocycles. The van der Waals surface area contributed by atoms with E-state index in [1.165, 1.54) is 35.2 Å². The molecule has 41 heavy (non-hydrogen) atoms. The molecule has 1 unspecified atom stereocenters. The average molecular weight is 628 g/mol. The summed E-state index contributed by atoms with van der Waals surface area (Å²) in [5.41, 5.74) is 8.65. The van der Waals surface area contributed by atoms with E-state index in [1.807, 2.05) is 43.5 Å². The van der Waals surface area contributed by atoms with Crippen molar-refractivity contribution in [1.82, 2.24) is 10.0 Å². The molecule has 0 aliphatic rings. The maximum Gasteiger partial charge on any atom is 0.319 e. The molecule has 9 nitrogen and oxygen atoms in total. The van der Waals surface area contributed by atoms with Crippen LogP contribution in [-0.4, -0.2) is 43.8 Å². The molecule has 0 spiro atoms. The van der Waals surface area contributed by atoms with E-state index in [9.17, 15) is 17.4 Å². The summed E-state index contributed by atoms with van der Waals surface area (Å²) in [4.78, 5) is 14.6. The van der Waals surface area contributed by atoms with Crippen molar-refractivity contribution in [2.24, 2.45) is 5.73 Å². The van der Waals surface area contributed by atoms with Crippen molar-refractivity contribution < 1.29 is 17.4 Å². The largest absolute Gasteiger partial charge is 0.383 e. The molecule has 1 heterocycles. The predicted molar refractivity (Wildman–Crippen MR) is 167 cm³/mol. The van der Waals surface area contributed by atoms with E-state index in [0.717, 1.165) is 20.9 Å². The maximum atomic E-state index is 13.6. The molecule has 0 radical (unpaired) electrons. The predicted octanol–water partition coefficient (Wildman–Crippen LogP) is 5.00. The number of carbonyl (C=O) groups excluding carboxylic acids is 1. The van der Waals surface area contributed by atoms with Gasteiger partial charge in [0.15, 0.2) is 0 Å². The normalized spacial score (nSPS) is 12.0. The Kier molecular flexibility index (Phi) is 9.99. The highest BCUT2D eigenvalue weighted by Gasteiger charge is 2.19. The second-order valence-electron chi connectivity index (χ2n) is 8.77. The molecule has 214 valence electrons. The molecule has 0 saturated heterocycles. The van der Waals surface area contributed by atoms with Crippen LogP contribution in [0.25, 0.3) is 11.1 Å². The molecule has 4 aromatic rings. The zero-order valence-corrected chi connectivity index (χ0v) is 25.5. The number of anilines is 1. The quantitative estimate of drug-likeness (QED) is 0.0683. The van der Waals surface area contributed by atoms with Gasteiger partial charge in [-0.25, -0.2) is 22.1 Å². The van der Waals surface area contributed by atoms with Crippen molar-refractivity contribution in [3.8, 4) is 11.1 Å². The molecule has 0 fully saturated rings. The number of sulfonamides is 1. The van der Waals surface area contributed by atoms with Crippen LogP contribution < -0.4 is 21.1 Å². The van der Waals surface area contributed by atoms with Gasteiger partial charge in [-0.1, -0.05) is 42.5 Å². The van der Waals surface area contributed by atoms with Crippen LogP contribution >= 0.6 is 23.1 Å². The first-order valence-corrected chi connectivity index (χ1v) is 17.0. The number of nitrogen functional groups attached to an aromatic ring is 1. The minimum Gasteiger partial charge on any atom is -0.383 e. The number of rotatable bonds is 11. The number of urea groups is 1. The Morgan fingerprint density at radius 2 is 1.76 bits per heavy atom. The van der Waals surface area contributed by atoms with Crippen LogP contribution in [0.1, 0.15) is 10.4 Å². The Morgan fingerprint density at radius 3 is 2.46 bits per heavy atom. The minimum absolute atomic E-state index is 0.0190. The van der Waals surface area contributed by atoms with Crippen molar-refractivity contribution in [2.75, 3.05) is 24.7 Å². The Hall–Kier alpha value is -3.49. The molecule has 3 aromatic carbocycles. The fourth-order valence-corrected chi connectivity index (χ4v) is 8.55. The van der Waals surface area contributed by atoms with Gasteiger partial charge in [0.1, 0.15) is 5.84 Å². The maximum absolute atomic E-state index is 13.6. The fraction of sp³-hybridized carbons (Fsp3) is 0.143. The van der Waals surface area contributed by atoms with Gasteiger partial charge in [-0.3, -0.25) is 5.41 Å². The molecule has 0 saturated carbocycles. The molecule has 1 aromatic heterocycles. The van der Waals surface area contributed by atoms with E-state index in [0.29, 0.717) is 20.4 Å². The Balaban J connectivity index is 1.48. The van der Waals surface area contributed by atoms with E-state index in [4.69, 9.17) is 11.1 Å². The summed E-state index contributed by atoms with van der Waals surface area (Å²) in [6.45, 7) is 2.02. The van der Waals surface area contributed by atoms with Crippen molar-refractivity contribution in [3.05, 3.63) is 89.3 Å². The second-order valence-corrected chi connectivity index (χ2v) is 14.1. The van der Waals surface area contributed by atoms with Gasteiger partial charge in [0.2, 0.25) is 10.0 Å². The zero-order chi connectivity index (χ0) is 29.6. The Bertz CT molecular complexity index is 1710. The Labute approximate surface area is 250 Å². The molecule has 13 heteroatoms. The van der Waals surface area contributed by atoms with E-state index in [-0.39, 0.29) is 23.8 Å². The Morgan fingerprint density at radius 1 is 1.02 bits per heavy atom. The first kappa shape index (κ1) is 30.5. The summed E-state index contributed by atoms with van der Waals surface area (Å²) >= 11 is 2.80. The van der Waals surface area contributed by atoms with Crippen molar-refractivity contribution in [2.45, 2.75) is 25.8 Å². The van der Waals surface area contributed by atoms with Gasteiger partial charge in [0, 0.05) is 23.5 Å². The van der Waals surface area contributed by atoms with Crippen LogP contribution in [0.5, 0.6) is 0 Å². The van der Waals surface area contributed by atoms with E-state index in [2.05, 4.69) is 15.4 Å². The van der Waals surface area contributed by atoms with Gasteiger partial charge >= 0.3 is 6.03 Å². The van der Waals surface area contributed by atoms with Crippen LogP contribution in [0.15, 0.2) is 97.8 Å². The first-order valence-electron chi connectivity index (χ1n) is 12.3. The molecular formula is C28H29N5O4S4. The molecule has 4 rings (SSSR count). The smallest absolute Gasteiger partial charge is 0.319 e. The van der Waals surface area contributed by atoms with Gasteiger partial charge < -0.3 is 16.4 Å². The number of thiophene rings is 1. The zero-order valence-electron chi connectivity index (χ0n) is 22.3. The molecular weight excluding hydrogens is 599 g/mol. The van der Waals surface area contributed by atoms with Crippen LogP contribution in [0.4, 0.5) is 10.5 Å². The topological polar surface area (TPSA) is 154 Å². The highest BCUT2D eigenvalue weighted by Crippen LogP contribution is 2.37. The van der Waals surface area contributed by atoms with Gasteiger partial charge in [0.05, 0.1) is 35.4 Å². The highest BCUT2D eigenvalue weighted by molar-refractivity contribution is 8.01. The molecule has 1 atom stereocenters. The summed E-state index contributed by atoms with van der Waals surface area (Å²) < 4.78 is 41.6. The average Bonchev–Trinajstić information content (AvgIpc) is 3.41. The first-order chi connectivity index (χ1) is 19.6. The van der Waals surface area contributed by atoms with E-state index < -0.39 is 26.9 Å². The number of amidine groups is 1. The third kappa shape index (κ3) is 7.43. The van der Waals surface area contributed by atoms with E-state index in [1.54, 1.807) is 36.4 Å². The van der Waals surface area contributed by atoms with Crippen LogP contribution in [0.3, 0.4) is 0 Å². The van der Waals surface area contributed by atoms with Gasteiger partial charge in [-0.2, -0.15) is 0 Å². The third-order valence-electron chi connectivity index (χ3n) is 5.93. The lowest BCUT2D eigenvalue weighted by Crippen LogP contribution is -2.36. The highest BCUT2D eigenvalue weighted by atomic mass is 32.2. The van der Waals surface area contributed by atoms with Gasteiger partial charge in [-0.05, 0) is 60.7 Å². The third-order valence-corrected chi connectivity index (χ3v) is 11.4. The number of thioether (sulfide) groups is 1. The van der Waals surface area contributed by atoms with Crippen molar-refractivity contribution >= 4 is 61.5 Å². The van der Waals surface area contributed by atoms with Crippen LogP contribution in [0.2, 0.25) is 0 Å². The molecule has 0 aliphatic carbocycles. The number of aryl methyl sites for hydroxylation is 1. The van der Waals surface area contributed by atoms with Gasteiger partial charge in [0.25, 0.3) is 0 Å². The lowest BCUT2D eigenvalue weighted by atomic mass is 9.98. The SMILES string of the molecule is CSc1sc(C(=N)N)cc1S(=O)c1cccc(-c2c(C)cccc2NC(=O)NCCNS(=O)(=O)c2ccccc2)c1. The van der Waals surface area contributed by atoms with E-state index >= 15 is 0 Å². The lowest BCUT2D eigenvalue weighted by molar-refractivity contribution is 0.252. The van der Waals surface area contributed by atoms with Crippen molar-refractivity contribution in [1.29, 1.82) is 5.41 Å².